The summed E-state index contributed by atoms with van der Waals surface area (Å²) in [5.41, 5.74) is 3.17. The lowest BCUT2D eigenvalue weighted by atomic mass is 10.0. The molecule has 1 unspecified atom stereocenters. The smallest absolute Gasteiger partial charge is 0.194 e. The van der Waals surface area contributed by atoms with E-state index < -0.39 is 11.2 Å². The number of hydrogen-bond donors (Lipinski definition) is 0. The third kappa shape index (κ3) is 3.56. The van der Waals surface area contributed by atoms with Gasteiger partial charge >= 0.3 is 0 Å². The van der Waals surface area contributed by atoms with Gasteiger partial charge in [-0.2, -0.15) is 0 Å². The molecule has 1 heterocycles. The highest BCUT2D eigenvalue weighted by molar-refractivity contribution is 7.92. The quantitative estimate of drug-likeness (QED) is 0.629. The standard InChI is InChI=1S/C19H16O2S/c20-19-17(11-15-7-3-1-4-8-15)13-22(21)14-18(19)12-16-9-5-2-6-10-16/h1-12H,13-14H2/b17-11-,18-12+. The van der Waals surface area contributed by atoms with Crippen molar-refractivity contribution < 1.29 is 9.35 Å². The van der Waals surface area contributed by atoms with Gasteiger partial charge in [0.2, 0.25) is 0 Å². The topological polar surface area (TPSA) is 40.1 Å². The molecule has 0 aliphatic carbocycles. The number of Topliss-reactive ketones (excluding diaryl/α,β-unsaturated/α-hetero) is 1. The van der Waals surface area contributed by atoms with E-state index in [2.05, 4.69) is 0 Å². The molecule has 0 bridgehead atoms. The summed E-state index contributed by atoms with van der Waals surface area (Å²) in [6, 6.07) is 19.4. The Morgan fingerprint density at radius 2 is 1.18 bits per heavy atom. The van der Waals surface area contributed by atoms with Crippen molar-refractivity contribution in [3.8, 4) is 0 Å². The Labute approximate surface area is 133 Å². The van der Waals surface area contributed by atoms with Crippen LogP contribution in [0.1, 0.15) is 11.1 Å². The molecule has 1 atom stereocenters. The zero-order valence-corrected chi connectivity index (χ0v) is 12.9. The average Bonchev–Trinajstić information content (AvgIpc) is 2.54. The van der Waals surface area contributed by atoms with Crippen LogP contribution in [-0.4, -0.2) is 21.8 Å². The van der Waals surface area contributed by atoms with Gasteiger partial charge in [-0.1, -0.05) is 60.7 Å². The molecule has 0 aromatic heterocycles. The zero-order valence-electron chi connectivity index (χ0n) is 12.1. The van der Waals surface area contributed by atoms with Crippen molar-refractivity contribution in [2.45, 2.75) is 0 Å². The minimum absolute atomic E-state index is 0.00676. The van der Waals surface area contributed by atoms with E-state index in [0.717, 1.165) is 11.1 Å². The fraction of sp³-hybridized carbons (Fsp3) is 0.105. The molecule has 2 aromatic rings. The van der Waals surface area contributed by atoms with Crippen molar-refractivity contribution >= 4 is 29.1 Å². The van der Waals surface area contributed by atoms with Crippen molar-refractivity contribution in [1.29, 1.82) is 0 Å². The van der Waals surface area contributed by atoms with E-state index in [1.807, 2.05) is 72.8 Å². The van der Waals surface area contributed by atoms with Crippen LogP contribution in [0.5, 0.6) is 0 Å². The molecular weight excluding hydrogens is 292 g/mol. The van der Waals surface area contributed by atoms with Crippen molar-refractivity contribution in [2.24, 2.45) is 0 Å². The van der Waals surface area contributed by atoms with Gasteiger partial charge in [0.05, 0.1) is 0 Å². The molecule has 0 spiro atoms. The van der Waals surface area contributed by atoms with E-state index in [-0.39, 0.29) is 5.78 Å². The Balaban J connectivity index is 1.92. The van der Waals surface area contributed by atoms with Crippen LogP contribution in [0.4, 0.5) is 0 Å². The summed E-state index contributed by atoms with van der Waals surface area (Å²) in [5, 5.41) is 0. The summed E-state index contributed by atoms with van der Waals surface area (Å²) < 4.78 is 12.1. The Morgan fingerprint density at radius 3 is 1.59 bits per heavy atom. The van der Waals surface area contributed by atoms with Gasteiger partial charge < -0.3 is 4.55 Å². The number of benzene rings is 2. The fourth-order valence-electron chi connectivity index (χ4n) is 2.45. The van der Waals surface area contributed by atoms with Gasteiger partial charge in [0.1, 0.15) is 11.5 Å². The fourth-order valence-corrected chi connectivity index (χ4v) is 3.68. The van der Waals surface area contributed by atoms with Gasteiger partial charge in [-0.15, -0.1) is 0 Å². The molecular formula is C19H16O2S. The summed E-state index contributed by atoms with van der Waals surface area (Å²) in [6.45, 7) is 0. The van der Waals surface area contributed by atoms with Gasteiger partial charge in [0.25, 0.3) is 0 Å². The van der Waals surface area contributed by atoms with Crippen LogP contribution in [0, 0.1) is 0 Å². The predicted molar refractivity (Wildman–Crippen MR) is 91.7 cm³/mol. The van der Waals surface area contributed by atoms with Crippen LogP contribution in [0.25, 0.3) is 12.2 Å². The Bertz CT molecular complexity index is 656. The van der Waals surface area contributed by atoms with Gasteiger partial charge in [-0.05, 0) is 34.5 Å². The van der Waals surface area contributed by atoms with E-state index in [1.165, 1.54) is 0 Å². The molecule has 1 aliphatic rings. The van der Waals surface area contributed by atoms with Crippen LogP contribution in [0.3, 0.4) is 0 Å². The SMILES string of the molecule is O=C1/C(=C/c2ccccc2)C[S+]([O-])C/C1=C/c1ccccc1. The minimum atomic E-state index is -1.03. The van der Waals surface area contributed by atoms with Crippen LogP contribution >= 0.6 is 0 Å². The van der Waals surface area contributed by atoms with Crippen molar-refractivity contribution in [1.82, 2.24) is 0 Å². The van der Waals surface area contributed by atoms with Gasteiger partial charge in [-0.3, -0.25) is 4.79 Å². The Morgan fingerprint density at radius 1 is 0.773 bits per heavy atom. The molecule has 3 rings (SSSR count). The van der Waals surface area contributed by atoms with Crippen LogP contribution in [0.15, 0.2) is 71.8 Å². The first-order chi connectivity index (χ1) is 10.7. The predicted octanol–water partition coefficient (Wildman–Crippen LogP) is 3.49. The van der Waals surface area contributed by atoms with Crippen LogP contribution in [-0.2, 0) is 16.0 Å². The van der Waals surface area contributed by atoms with Crippen LogP contribution < -0.4 is 0 Å². The van der Waals surface area contributed by atoms with E-state index in [0.29, 0.717) is 22.7 Å². The first-order valence-electron chi connectivity index (χ1n) is 7.13. The molecule has 2 nitrogen and oxygen atoms in total. The molecule has 2 aromatic carbocycles. The summed E-state index contributed by atoms with van der Waals surface area (Å²) >= 11 is -1.03. The number of ketones is 1. The maximum atomic E-state index is 12.6. The molecule has 1 aliphatic heterocycles. The van der Waals surface area contributed by atoms with Crippen LogP contribution in [0.2, 0.25) is 0 Å². The Kier molecular flexibility index (Phi) is 4.56. The average molecular weight is 308 g/mol. The highest BCUT2D eigenvalue weighted by Gasteiger charge is 2.29. The maximum absolute atomic E-state index is 12.6. The second-order valence-electron chi connectivity index (χ2n) is 5.22. The monoisotopic (exact) mass is 308 g/mol. The second kappa shape index (κ2) is 6.77. The first kappa shape index (κ1) is 14.8. The first-order valence-corrected chi connectivity index (χ1v) is 8.62. The van der Waals surface area contributed by atoms with E-state index in [1.54, 1.807) is 0 Å². The molecule has 0 saturated carbocycles. The maximum Gasteiger partial charge on any atom is 0.194 e. The largest absolute Gasteiger partial charge is 0.616 e. The molecule has 0 N–H and O–H groups in total. The Hall–Kier alpha value is -2.10. The van der Waals surface area contributed by atoms with Gasteiger partial charge in [0, 0.05) is 11.1 Å². The molecule has 0 radical (unpaired) electrons. The van der Waals surface area contributed by atoms with Gasteiger partial charge in [0.15, 0.2) is 5.78 Å². The molecule has 1 fully saturated rings. The number of hydrogen-bond acceptors (Lipinski definition) is 2. The van der Waals surface area contributed by atoms with E-state index >= 15 is 0 Å². The highest BCUT2D eigenvalue weighted by atomic mass is 32.2. The number of rotatable bonds is 2. The lowest BCUT2D eigenvalue weighted by molar-refractivity contribution is -0.112. The lowest BCUT2D eigenvalue weighted by Gasteiger charge is -2.20. The summed E-state index contributed by atoms with van der Waals surface area (Å²) in [4.78, 5) is 12.6. The zero-order chi connectivity index (χ0) is 15.4. The third-order valence-corrected chi connectivity index (χ3v) is 4.76. The molecule has 0 amide bonds. The minimum Gasteiger partial charge on any atom is -0.616 e. The van der Waals surface area contributed by atoms with E-state index in [9.17, 15) is 9.35 Å². The second-order valence-corrected chi connectivity index (χ2v) is 6.68. The highest BCUT2D eigenvalue weighted by Crippen LogP contribution is 2.23. The summed E-state index contributed by atoms with van der Waals surface area (Å²) in [5.74, 6) is 0.673. The number of carbonyl (C=O) groups excluding carboxylic acids is 1. The van der Waals surface area contributed by atoms with Gasteiger partial charge in [-0.25, -0.2) is 0 Å². The normalized spacial score (nSPS) is 22.2. The van der Waals surface area contributed by atoms with E-state index in [4.69, 9.17) is 0 Å². The molecule has 1 saturated heterocycles. The van der Waals surface area contributed by atoms with Crippen molar-refractivity contribution in [3.05, 3.63) is 82.9 Å². The summed E-state index contributed by atoms with van der Waals surface area (Å²) in [7, 11) is 0. The number of carbonyl (C=O) groups is 1. The molecule has 22 heavy (non-hydrogen) atoms. The summed E-state index contributed by atoms with van der Waals surface area (Å²) in [6.07, 6.45) is 3.69. The molecule has 110 valence electrons. The van der Waals surface area contributed by atoms with Crippen molar-refractivity contribution in [2.75, 3.05) is 11.5 Å². The third-order valence-electron chi connectivity index (χ3n) is 3.50. The molecule has 3 heteroatoms. The van der Waals surface area contributed by atoms with Crippen molar-refractivity contribution in [3.63, 3.8) is 0 Å². The lowest BCUT2D eigenvalue weighted by Crippen LogP contribution is -2.28.